The first-order valence-electron chi connectivity index (χ1n) is 9.57. The van der Waals surface area contributed by atoms with E-state index < -0.39 is 11.9 Å². The number of carbonyl (C=O) groups is 2. The zero-order valence-corrected chi connectivity index (χ0v) is 19.1. The maximum Gasteiger partial charge on any atom is 0.337 e. The van der Waals surface area contributed by atoms with Gasteiger partial charge in [-0.25, -0.2) is 15.2 Å². The van der Waals surface area contributed by atoms with Gasteiger partial charge in [0.05, 0.1) is 21.1 Å². The van der Waals surface area contributed by atoms with Crippen LogP contribution in [0.1, 0.15) is 16.2 Å². The Hall–Kier alpha value is -3.46. The summed E-state index contributed by atoms with van der Waals surface area (Å²) in [6.45, 7) is 0.217. The fraction of sp³-hybridized carbons (Fsp3) is 0.0455. The second-order valence-corrected chi connectivity index (χ2v) is 8.07. The number of nitrogens with one attached hydrogen (secondary N) is 4. The molecule has 11 heteroatoms. The summed E-state index contributed by atoms with van der Waals surface area (Å²) in [6.07, 6.45) is 0. The van der Waals surface area contributed by atoms with Crippen LogP contribution in [0, 0.1) is 0 Å². The Morgan fingerprint density at radius 3 is 2.45 bits per heavy atom. The predicted octanol–water partition coefficient (Wildman–Crippen LogP) is 5.57. The average Bonchev–Trinajstić information content (AvgIpc) is 3.21. The molecule has 0 atom stereocenters. The Kier molecular flexibility index (Phi) is 6.88. The maximum atomic E-state index is 12.3. The molecule has 0 fully saturated rings. The van der Waals surface area contributed by atoms with Gasteiger partial charge < -0.3 is 15.0 Å². The molecule has 0 radical (unpaired) electrons. The van der Waals surface area contributed by atoms with E-state index in [9.17, 15) is 9.59 Å². The number of ether oxygens (including phenoxy) is 1. The highest BCUT2D eigenvalue weighted by atomic mass is 35.5. The molecule has 0 aliphatic rings. The van der Waals surface area contributed by atoms with Crippen LogP contribution in [0.2, 0.25) is 15.1 Å². The topological polar surface area (TPSA) is 108 Å². The smallest absolute Gasteiger partial charge is 0.337 e. The van der Waals surface area contributed by atoms with Gasteiger partial charge in [0.15, 0.2) is 0 Å². The number of anilines is 1. The van der Waals surface area contributed by atoms with Crippen molar-refractivity contribution in [2.45, 2.75) is 6.61 Å². The Morgan fingerprint density at radius 1 is 0.909 bits per heavy atom. The van der Waals surface area contributed by atoms with E-state index in [1.165, 1.54) is 6.07 Å². The van der Waals surface area contributed by atoms with Crippen LogP contribution in [0.4, 0.5) is 10.5 Å². The molecule has 8 nitrogen and oxygen atoms in total. The fourth-order valence-electron chi connectivity index (χ4n) is 2.88. The minimum atomic E-state index is -0.645. The van der Waals surface area contributed by atoms with E-state index in [1.807, 2.05) is 6.07 Å². The average molecular weight is 505 g/mol. The van der Waals surface area contributed by atoms with Crippen molar-refractivity contribution in [3.05, 3.63) is 87.1 Å². The lowest BCUT2D eigenvalue weighted by atomic mass is 10.2. The summed E-state index contributed by atoms with van der Waals surface area (Å²) in [5.41, 5.74) is 6.94. The molecule has 1 heterocycles. The van der Waals surface area contributed by atoms with Gasteiger partial charge in [0.1, 0.15) is 18.2 Å². The van der Waals surface area contributed by atoms with Crippen LogP contribution in [0.3, 0.4) is 0 Å². The molecule has 0 spiro atoms. The predicted molar refractivity (Wildman–Crippen MR) is 128 cm³/mol. The van der Waals surface area contributed by atoms with E-state index in [4.69, 9.17) is 39.5 Å². The van der Waals surface area contributed by atoms with Crippen LogP contribution in [0.25, 0.3) is 11.0 Å². The maximum absolute atomic E-state index is 12.3. The number of benzene rings is 3. The second-order valence-electron chi connectivity index (χ2n) is 6.82. The van der Waals surface area contributed by atoms with Gasteiger partial charge in [0.2, 0.25) is 0 Å². The summed E-state index contributed by atoms with van der Waals surface area (Å²) in [4.78, 5) is 31.8. The first kappa shape index (κ1) is 22.7. The molecule has 0 bridgehead atoms. The van der Waals surface area contributed by atoms with E-state index in [1.54, 1.807) is 48.5 Å². The standard InChI is InChI=1S/C22H16Cl3N5O3/c23-13-3-8-18-19(9-13)28-20(27-18)11-33-15-5-1-12(2-6-15)21(31)29-30-22(32)26-14-4-7-16(24)17(25)10-14/h1-10H,11H2,(H,27,28)(H,29,31)(H2,26,30,32). The summed E-state index contributed by atoms with van der Waals surface area (Å²) in [6, 6.07) is 15.8. The van der Waals surface area contributed by atoms with Gasteiger partial charge in [-0.3, -0.25) is 10.2 Å². The van der Waals surface area contributed by atoms with Crippen LogP contribution in [0.5, 0.6) is 5.75 Å². The van der Waals surface area contributed by atoms with Gasteiger partial charge in [-0.1, -0.05) is 34.8 Å². The van der Waals surface area contributed by atoms with E-state index in [2.05, 4.69) is 26.1 Å². The van der Waals surface area contributed by atoms with Gasteiger partial charge >= 0.3 is 6.03 Å². The lowest BCUT2D eigenvalue weighted by Crippen LogP contribution is -2.43. The number of hydrogen-bond donors (Lipinski definition) is 4. The fourth-order valence-corrected chi connectivity index (χ4v) is 3.35. The molecule has 3 aromatic carbocycles. The largest absolute Gasteiger partial charge is 0.486 e. The van der Waals surface area contributed by atoms with Crippen LogP contribution in [-0.2, 0) is 6.61 Å². The number of halogens is 3. The van der Waals surface area contributed by atoms with Gasteiger partial charge in [-0.05, 0) is 60.7 Å². The molecule has 33 heavy (non-hydrogen) atoms. The SMILES string of the molecule is O=C(NNC(=O)c1ccc(OCc2nc3ccc(Cl)cc3[nH]2)cc1)Nc1ccc(Cl)c(Cl)c1. The Balaban J connectivity index is 1.27. The molecule has 4 aromatic rings. The summed E-state index contributed by atoms with van der Waals surface area (Å²) < 4.78 is 5.71. The number of aromatic amines is 1. The van der Waals surface area contributed by atoms with Crippen molar-refractivity contribution >= 4 is 63.5 Å². The minimum Gasteiger partial charge on any atom is -0.486 e. The number of rotatable bonds is 5. The van der Waals surface area contributed by atoms with Crippen molar-refractivity contribution < 1.29 is 14.3 Å². The monoisotopic (exact) mass is 503 g/mol. The highest BCUT2D eigenvalue weighted by Gasteiger charge is 2.09. The number of imidazole rings is 1. The van der Waals surface area contributed by atoms with Crippen molar-refractivity contribution in [2.75, 3.05) is 5.32 Å². The van der Waals surface area contributed by atoms with E-state index >= 15 is 0 Å². The molecule has 4 N–H and O–H groups in total. The number of aromatic nitrogens is 2. The molecule has 3 amide bonds. The van der Waals surface area contributed by atoms with E-state index in [0.717, 1.165) is 11.0 Å². The van der Waals surface area contributed by atoms with Crippen LogP contribution in [0.15, 0.2) is 60.7 Å². The number of hydrazine groups is 1. The van der Waals surface area contributed by atoms with Crippen molar-refractivity contribution in [2.24, 2.45) is 0 Å². The number of nitrogens with zero attached hydrogens (tertiary/aromatic N) is 1. The number of fused-ring (bicyclic) bond motifs is 1. The molecule has 4 rings (SSSR count). The second kappa shape index (κ2) is 9.99. The Morgan fingerprint density at radius 2 is 1.70 bits per heavy atom. The van der Waals surface area contributed by atoms with E-state index in [-0.39, 0.29) is 6.61 Å². The third-order valence-electron chi connectivity index (χ3n) is 4.45. The number of urea groups is 1. The van der Waals surface area contributed by atoms with Crippen molar-refractivity contribution in [1.82, 2.24) is 20.8 Å². The third-order valence-corrected chi connectivity index (χ3v) is 5.43. The molecule has 0 aliphatic heterocycles. The van der Waals surface area contributed by atoms with Crippen LogP contribution < -0.4 is 20.9 Å². The summed E-state index contributed by atoms with van der Waals surface area (Å²) in [5, 5.41) is 3.81. The summed E-state index contributed by atoms with van der Waals surface area (Å²) >= 11 is 17.7. The highest BCUT2D eigenvalue weighted by Crippen LogP contribution is 2.25. The summed E-state index contributed by atoms with van der Waals surface area (Å²) in [7, 11) is 0. The Bertz CT molecular complexity index is 1320. The van der Waals surface area contributed by atoms with Crippen molar-refractivity contribution in [1.29, 1.82) is 0 Å². The van der Waals surface area contributed by atoms with Crippen LogP contribution >= 0.6 is 34.8 Å². The lowest BCUT2D eigenvalue weighted by molar-refractivity contribution is 0.0938. The molecular weight excluding hydrogens is 489 g/mol. The quantitative estimate of drug-likeness (QED) is 0.267. The molecule has 0 unspecified atom stereocenters. The first-order valence-corrected chi connectivity index (χ1v) is 10.7. The van der Waals surface area contributed by atoms with Gasteiger partial charge in [0.25, 0.3) is 5.91 Å². The van der Waals surface area contributed by atoms with Crippen LogP contribution in [-0.4, -0.2) is 21.9 Å². The molecule has 0 aliphatic carbocycles. The summed E-state index contributed by atoms with van der Waals surface area (Å²) in [5.74, 6) is 0.696. The third kappa shape index (κ3) is 5.87. The minimum absolute atomic E-state index is 0.217. The number of hydrogen-bond acceptors (Lipinski definition) is 4. The lowest BCUT2D eigenvalue weighted by Gasteiger charge is -2.10. The first-order chi connectivity index (χ1) is 15.9. The molecule has 1 aromatic heterocycles. The van der Waals surface area contributed by atoms with E-state index in [0.29, 0.717) is 37.9 Å². The number of amides is 3. The molecule has 168 valence electrons. The number of H-pyrrole nitrogens is 1. The van der Waals surface area contributed by atoms with Gasteiger partial charge in [0, 0.05) is 16.3 Å². The normalized spacial score (nSPS) is 10.6. The molecule has 0 saturated heterocycles. The van der Waals surface area contributed by atoms with Crippen molar-refractivity contribution in [3.8, 4) is 5.75 Å². The van der Waals surface area contributed by atoms with Crippen molar-refractivity contribution in [3.63, 3.8) is 0 Å². The Labute approximate surface area is 203 Å². The highest BCUT2D eigenvalue weighted by molar-refractivity contribution is 6.42. The zero-order chi connectivity index (χ0) is 23.4. The zero-order valence-electron chi connectivity index (χ0n) is 16.8. The molecular formula is C22H16Cl3N5O3. The van der Waals surface area contributed by atoms with Gasteiger partial charge in [-0.2, -0.15) is 0 Å². The van der Waals surface area contributed by atoms with Gasteiger partial charge in [-0.15, -0.1) is 0 Å². The number of carbonyl (C=O) groups excluding carboxylic acids is 2. The molecule has 0 saturated carbocycles.